The minimum atomic E-state index is -0.315. The van der Waals surface area contributed by atoms with Gasteiger partial charge in [-0.05, 0) is 36.4 Å². The molecule has 0 atom stereocenters. The molecule has 1 fully saturated rings. The average Bonchev–Trinajstić information content (AvgIpc) is 3.40. The second kappa shape index (κ2) is 8.50. The Morgan fingerprint density at radius 1 is 1.18 bits per heavy atom. The molecule has 1 saturated heterocycles. The molecule has 9 heteroatoms. The summed E-state index contributed by atoms with van der Waals surface area (Å²) >= 11 is 0. The van der Waals surface area contributed by atoms with Crippen LogP contribution in [0.3, 0.4) is 0 Å². The number of hydrogen-bond donors (Lipinski definition) is 0. The first-order chi connectivity index (χ1) is 16.0. The van der Waals surface area contributed by atoms with E-state index in [-0.39, 0.29) is 17.6 Å². The highest BCUT2D eigenvalue weighted by atomic mass is 19.1. The maximum Gasteiger partial charge on any atom is 0.272 e. The molecule has 0 unspecified atom stereocenters. The summed E-state index contributed by atoms with van der Waals surface area (Å²) in [5.41, 5.74) is 2.82. The van der Waals surface area contributed by atoms with Gasteiger partial charge < -0.3 is 14.2 Å². The SMILES string of the molecule is COc1ccccc1Cc1noc(C2CN(C(=O)c3cc(-c4ccc(F)cc4)nn3C)C2)n1. The van der Waals surface area contributed by atoms with Crippen molar-refractivity contribution in [2.45, 2.75) is 12.3 Å². The van der Waals surface area contributed by atoms with Crippen molar-refractivity contribution in [3.8, 4) is 17.0 Å². The predicted octanol–water partition coefficient (Wildman–Crippen LogP) is 3.45. The number of aromatic nitrogens is 4. The molecule has 0 saturated carbocycles. The van der Waals surface area contributed by atoms with E-state index in [4.69, 9.17) is 9.26 Å². The monoisotopic (exact) mass is 447 g/mol. The van der Waals surface area contributed by atoms with Gasteiger partial charge in [-0.25, -0.2) is 4.39 Å². The molecule has 0 radical (unpaired) electrons. The van der Waals surface area contributed by atoms with Crippen LogP contribution in [0.2, 0.25) is 0 Å². The van der Waals surface area contributed by atoms with E-state index in [1.54, 1.807) is 41.9 Å². The van der Waals surface area contributed by atoms with E-state index < -0.39 is 0 Å². The van der Waals surface area contributed by atoms with Crippen LogP contribution in [0.5, 0.6) is 5.75 Å². The van der Waals surface area contributed by atoms with Gasteiger partial charge in [0.05, 0.1) is 18.7 Å². The highest BCUT2D eigenvalue weighted by molar-refractivity contribution is 5.94. The van der Waals surface area contributed by atoms with Crippen molar-refractivity contribution < 1.29 is 18.4 Å². The predicted molar refractivity (Wildman–Crippen MR) is 117 cm³/mol. The van der Waals surface area contributed by atoms with Crippen LogP contribution >= 0.6 is 0 Å². The number of ether oxygens (including phenoxy) is 1. The molecule has 8 nitrogen and oxygen atoms in total. The van der Waals surface area contributed by atoms with E-state index in [0.717, 1.165) is 16.9 Å². The van der Waals surface area contributed by atoms with Crippen molar-refractivity contribution >= 4 is 5.91 Å². The zero-order valence-electron chi connectivity index (χ0n) is 18.2. The quantitative estimate of drug-likeness (QED) is 0.450. The van der Waals surface area contributed by atoms with Crippen molar-refractivity contribution in [1.82, 2.24) is 24.8 Å². The first-order valence-electron chi connectivity index (χ1n) is 10.6. The van der Waals surface area contributed by atoms with Gasteiger partial charge in [-0.1, -0.05) is 23.4 Å². The lowest BCUT2D eigenvalue weighted by atomic mass is 9.99. The second-order valence-corrected chi connectivity index (χ2v) is 7.99. The number of carbonyl (C=O) groups is 1. The summed E-state index contributed by atoms with van der Waals surface area (Å²) in [5.74, 6) is 1.45. The number of amides is 1. The number of rotatable bonds is 6. The molecule has 0 spiro atoms. The van der Waals surface area contributed by atoms with Crippen molar-refractivity contribution in [2.24, 2.45) is 7.05 Å². The number of benzene rings is 2. The summed E-state index contributed by atoms with van der Waals surface area (Å²) in [6.45, 7) is 0.984. The summed E-state index contributed by atoms with van der Waals surface area (Å²) < 4.78 is 25.6. The van der Waals surface area contributed by atoms with Crippen molar-refractivity contribution in [2.75, 3.05) is 20.2 Å². The van der Waals surface area contributed by atoms with Gasteiger partial charge in [0.15, 0.2) is 5.82 Å². The van der Waals surface area contributed by atoms with Crippen LogP contribution < -0.4 is 4.74 Å². The molecule has 2 aromatic heterocycles. The third kappa shape index (κ3) is 4.09. The molecule has 1 aliphatic heterocycles. The smallest absolute Gasteiger partial charge is 0.272 e. The Bertz CT molecular complexity index is 1290. The molecule has 5 rings (SSSR count). The van der Waals surface area contributed by atoms with Crippen LogP contribution in [0, 0.1) is 5.82 Å². The Morgan fingerprint density at radius 2 is 1.94 bits per heavy atom. The number of aryl methyl sites for hydroxylation is 1. The van der Waals surface area contributed by atoms with Gasteiger partial charge in [0, 0.05) is 37.7 Å². The number of halogens is 1. The first kappa shape index (κ1) is 20.9. The molecule has 0 N–H and O–H groups in total. The van der Waals surface area contributed by atoms with Gasteiger partial charge in [-0.3, -0.25) is 9.48 Å². The van der Waals surface area contributed by atoms with Crippen LogP contribution in [0.25, 0.3) is 11.3 Å². The van der Waals surface area contributed by atoms with E-state index in [0.29, 0.717) is 42.6 Å². The van der Waals surface area contributed by atoms with Crippen molar-refractivity contribution in [1.29, 1.82) is 0 Å². The molecule has 33 heavy (non-hydrogen) atoms. The summed E-state index contributed by atoms with van der Waals surface area (Å²) in [7, 11) is 3.35. The van der Waals surface area contributed by atoms with Gasteiger partial charge in [0.2, 0.25) is 5.89 Å². The third-order valence-electron chi connectivity index (χ3n) is 5.78. The van der Waals surface area contributed by atoms with Gasteiger partial charge in [-0.15, -0.1) is 0 Å². The average molecular weight is 447 g/mol. The molecule has 2 aromatic carbocycles. The van der Waals surface area contributed by atoms with Gasteiger partial charge in [0.25, 0.3) is 5.91 Å². The number of para-hydroxylation sites is 1. The maximum absolute atomic E-state index is 13.2. The lowest BCUT2D eigenvalue weighted by molar-refractivity contribution is 0.0558. The highest BCUT2D eigenvalue weighted by Gasteiger charge is 2.37. The van der Waals surface area contributed by atoms with E-state index in [1.807, 2.05) is 24.3 Å². The van der Waals surface area contributed by atoms with E-state index >= 15 is 0 Å². The number of methoxy groups -OCH3 is 1. The molecule has 4 aromatic rings. The Balaban J connectivity index is 1.23. The number of likely N-dealkylation sites (tertiary alicyclic amines) is 1. The third-order valence-corrected chi connectivity index (χ3v) is 5.78. The fourth-order valence-electron chi connectivity index (χ4n) is 3.92. The van der Waals surface area contributed by atoms with Gasteiger partial charge in [-0.2, -0.15) is 10.1 Å². The van der Waals surface area contributed by atoms with Crippen LogP contribution in [0.1, 0.15) is 33.7 Å². The van der Waals surface area contributed by atoms with E-state index in [9.17, 15) is 9.18 Å². The largest absolute Gasteiger partial charge is 0.496 e. The highest BCUT2D eigenvalue weighted by Crippen LogP contribution is 2.29. The standard InChI is InChI=1S/C24H22FN5O3/c1-29-20(12-19(27-29)15-7-9-18(25)10-8-15)24(31)30-13-17(14-30)23-26-22(28-33-23)11-16-5-3-4-6-21(16)32-2/h3-10,12,17H,11,13-14H2,1-2H3. The van der Waals surface area contributed by atoms with Crippen molar-refractivity contribution in [3.05, 3.63) is 83.4 Å². The van der Waals surface area contributed by atoms with E-state index in [2.05, 4.69) is 15.2 Å². The normalized spacial score (nSPS) is 13.7. The summed E-state index contributed by atoms with van der Waals surface area (Å²) in [6, 6.07) is 15.5. The Morgan fingerprint density at radius 3 is 2.70 bits per heavy atom. The number of nitrogens with zero attached hydrogens (tertiary/aromatic N) is 5. The van der Waals surface area contributed by atoms with Gasteiger partial charge in [0.1, 0.15) is 17.3 Å². The Kier molecular flexibility index (Phi) is 5.37. The molecule has 3 heterocycles. The molecular formula is C24H22FN5O3. The van der Waals surface area contributed by atoms with Crippen LogP contribution in [-0.2, 0) is 13.5 Å². The number of hydrogen-bond acceptors (Lipinski definition) is 6. The van der Waals surface area contributed by atoms with Crippen LogP contribution in [0.4, 0.5) is 4.39 Å². The fraction of sp³-hybridized carbons (Fsp3) is 0.250. The maximum atomic E-state index is 13.2. The zero-order chi connectivity index (χ0) is 22.9. The Hall–Kier alpha value is -4.01. The van der Waals surface area contributed by atoms with E-state index in [1.165, 1.54) is 12.1 Å². The molecule has 168 valence electrons. The molecular weight excluding hydrogens is 425 g/mol. The second-order valence-electron chi connectivity index (χ2n) is 7.99. The lowest BCUT2D eigenvalue weighted by Crippen LogP contribution is -2.49. The lowest BCUT2D eigenvalue weighted by Gasteiger charge is -2.36. The minimum absolute atomic E-state index is 0.00216. The van der Waals surface area contributed by atoms with Crippen molar-refractivity contribution in [3.63, 3.8) is 0 Å². The van der Waals surface area contributed by atoms with Crippen LogP contribution in [-0.4, -0.2) is 50.9 Å². The minimum Gasteiger partial charge on any atom is -0.496 e. The molecule has 1 amide bonds. The first-order valence-corrected chi connectivity index (χ1v) is 10.6. The topological polar surface area (TPSA) is 86.3 Å². The summed E-state index contributed by atoms with van der Waals surface area (Å²) in [6.07, 6.45) is 0.504. The summed E-state index contributed by atoms with van der Waals surface area (Å²) in [5, 5.41) is 8.49. The number of carbonyl (C=O) groups excluding carboxylic acids is 1. The fourth-order valence-corrected chi connectivity index (χ4v) is 3.92. The Labute approximate surface area is 189 Å². The molecule has 1 aliphatic rings. The summed E-state index contributed by atoms with van der Waals surface area (Å²) in [4.78, 5) is 19.2. The molecule has 0 bridgehead atoms. The zero-order valence-corrected chi connectivity index (χ0v) is 18.2. The van der Waals surface area contributed by atoms with Crippen LogP contribution in [0.15, 0.2) is 59.1 Å². The van der Waals surface area contributed by atoms with Gasteiger partial charge >= 0.3 is 0 Å². The molecule has 0 aliphatic carbocycles.